The Kier molecular flexibility index (Phi) is 17.0. The van der Waals surface area contributed by atoms with E-state index in [9.17, 15) is 4.79 Å². The van der Waals surface area contributed by atoms with Gasteiger partial charge < -0.3 is 18.0 Å². The second kappa shape index (κ2) is 17.4. The summed E-state index contributed by atoms with van der Waals surface area (Å²) >= 11 is 0. The number of carbonyl (C=O) groups is 1. The normalized spacial score (nSPS) is 12.7. The van der Waals surface area contributed by atoms with Gasteiger partial charge >= 0.3 is 14.8 Å². The van der Waals surface area contributed by atoms with E-state index in [1.807, 2.05) is 6.92 Å². The molecule has 0 rings (SSSR count). The van der Waals surface area contributed by atoms with Crippen molar-refractivity contribution in [3.05, 3.63) is 12.7 Å². The number of unbranched alkanes of at least 4 members (excludes halogenated alkanes) is 4. The summed E-state index contributed by atoms with van der Waals surface area (Å²) in [5, 5.41) is 0. The number of ether oxygens (including phenoxy) is 1. The van der Waals surface area contributed by atoms with Crippen molar-refractivity contribution < 1.29 is 22.8 Å². The molecule has 1 atom stereocenters. The number of hydrogen-bond donors (Lipinski definition) is 0. The van der Waals surface area contributed by atoms with Gasteiger partial charge in [-0.25, -0.2) is 4.79 Å². The maximum absolute atomic E-state index is 11.3. The summed E-state index contributed by atoms with van der Waals surface area (Å²) < 4.78 is 24.0. The highest BCUT2D eigenvalue weighted by Gasteiger charge is 2.40. The van der Waals surface area contributed by atoms with E-state index in [2.05, 4.69) is 27.4 Å². The third-order valence-corrected chi connectivity index (χ3v) is 7.18. The van der Waals surface area contributed by atoms with Crippen molar-refractivity contribution >= 4 is 14.8 Å². The van der Waals surface area contributed by atoms with Gasteiger partial charge in [0.05, 0.1) is 6.10 Å². The summed E-state index contributed by atoms with van der Waals surface area (Å²) in [6.07, 6.45) is 10.2. The molecule has 6 heteroatoms. The highest BCUT2D eigenvalue weighted by Crippen LogP contribution is 2.22. The molecule has 0 saturated heterocycles. The lowest BCUT2D eigenvalue weighted by atomic mass is 10.2. The molecule has 0 heterocycles. The van der Waals surface area contributed by atoms with Crippen molar-refractivity contribution in [1.29, 1.82) is 0 Å². The Labute approximate surface area is 168 Å². The molecule has 1 unspecified atom stereocenters. The first-order valence-corrected chi connectivity index (χ1v) is 12.7. The Morgan fingerprint density at radius 3 is 1.78 bits per heavy atom. The SMILES string of the molecule is C=CC(=O)OC(C)CCCC[Si](OCCCC)(OCCCC)OCCCC. The summed E-state index contributed by atoms with van der Waals surface area (Å²) in [5.74, 6) is -0.361. The molecule has 0 saturated carbocycles. The molecule has 0 aromatic rings. The number of esters is 1. The van der Waals surface area contributed by atoms with E-state index in [-0.39, 0.29) is 12.1 Å². The molecule has 0 aliphatic heterocycles. The zero-order chi connectivity index (χ0) is 20.4. The maximum Gasteiger partial charge on any atom is 0.500 e. The maximum atomic E-state index is 11.3. The minimum Gasteiger partial charge on any atom is -0.460 e. The quantitative estimate of drug-likeness (QED) is 0.121. The lowest BCUT2D eigenvalue weighted by Gasteiger charge is -2.30. The zero-order valence-corrected chi connectivity index (χ0v) is 19.1. The van der Waals surface area contributed by atoms with Crippen molar-refractivity contribution in [2.75, 3.05) is 19.8 Å². The monoisotopic (exact) mass is 402 g/mol. The minimum atomic E-state index is -2.64. The average Bonchev–Trinajstić information content (AvgIpc) is 2.65. The molecule has 0 aliphatic carbocycles. The molecule has 0 aromatic heterocycles. The standard InChI is InChI=1S/C21H42O5Si/c1-6-10-16-23-27(24-17-11-7-2,25-18-12-8-3)19-14-13-15-20(5)26-21(22)9-4/h9,20H,4,6-8,10-19H2,1-3,5H3. The van der Waals surface area contributed by atoms with Crippen LogP contribution in [0.1, 0.15) is 85.5 Å². The Bertz CT molecular complexity index is 349. The van der Waals surface area contributed by atoms with Crippen LogP contribution in [0.3, 0.4) is 0 Å². The van der Waals surface area contributed by atoms with Crippen LogP contribution in [0.15, 0.2) is 12.7 Å². The largest absolute Gasteiger partial charge is 0.500 e. The van der Waals surface area contributed by atoms with E-state index in [4.69, 9.17) is 18.0 Å². The van der Waals surface area contributed by atoms with Gasteiger partial charge in [-0.1, -0.05) is 46.6 Å². The van der Waals surface area contributed by atoms with Gasteiger partial charge in [0, 0.05) is 31.9 Å². The fourth-order valence-electron chi connectivity index (χ4n) is 2.54. The second-order valence-corrected chi connectivity index (χ2v) is 9.72. The van der Waals surface area contributed by atoms with Gasteiger partial charge in [0.1, 0.15) is 0 Å². The smallest absolute Gasteiger partial charge is 0.460 e. The van der Waals surface area contributed by atoms with Crippen LogP contribution in [0.4, 0.5) is 0 Å². The zero-order valence-electron chi connectivity index (χ0n) is 18.1. The summed E-state index contributed by atoms with van der Waals surface area (Å²) in [7, 11) is -2.64. The first-order chi connectivity index (χ1) is 13.0. The molecule has 0 spiro atoms. The van der Waals surface area contributed by atoms with Crippen molar-refractivity contribution in [3.8, 4) is 0 Å². The Hall–Kier alpha value is -0.693. The lowest BCUT2D eigenvalue weighted by molar-refractivity contribution is -0.142. The molecule has 27 heavy (non-hydrogen) atoms. The molecule has 0 radical (unpaired) electrons. The van der Waals surface area contributed by atoms with Gasteiger partial charge in [-0.15, -0.1) is 0 Å². The molecule has 0 N–H and O–H groups in total. The first kappa shape index (κ1) is 26.3. The van der Waals surface area contributed by atoms with E-state index in [0.717, 1.165) is 63.8 Å². The highest BCUT2D eigenvalue weighted by molar-refractivity contribution is 6.60. The van der Waals surface area contributed by atoms with E-state index in [1.165, 1.54) is 6.08 Å². The molecule has 160 valence electrons. The molecule has 0 amide bonds. The summed E-state index contributed by atoms with van der Waals surface area (Å²) in [4.78, 5) is 11.3. The van der Waals surface area contributed by atoms with Crippen molar-refractivity contribution in [2.24, 2.45) is 0 Å². The van der Waals surface area contributed by atoms with Gasteiger partial charge in [0.2, 0.25) is 0 Å². The van der Waals surface area contributed by atoms with Crippen LogP contribution >= 0.6 is 0 Å². The molecular weight excluding hydrogens is 360 g/mol. The average molecular weight is 403 g/mol. The van der Waals surface area contributed by atoms with Crippen molar-refractivity contribution in [2.45, 2.75) is 97.6 Å². The first-order valence-electron chi connectivity index (χ1n) is 10.8. The van der Waals surface area contributed by atoms with Crippen LogP contribution < -0.4 is 0 Å². The fourth-order valence-corrected chi connectivity index (χ4v) is 5.27. The molecule has 0 fully saturated rings. The Morgan fingerprint density at radius 2 is 1.37 bits per heavy atom. The molecule has 5 nitrogen and oxygen atoms in total. The van der Waals surface area contributed by atoms with Crippen LogP contribution in [0.2, 0.25) is 6.04 Å². The molecule has 0 aliphatic rings. The number of carbonyl (C=O) groups excluding carboxylic acids is 1. The van der Waals surface area contributed by atoms with Crippen LogP contribution in [0.5, 0.6) is 0 Å². The number of rotatable bonds is 19. The molecule has 0 bridgehead atoms. The van der Waals surface area contributed by atoms with Crippen molar-refractivity contribution in [3.63, 3.8) is 0 Å². The Morgan fingerprint density at radius 1 is 0.889 bits per heavy atom. The van der Waals surface area contributed by atoms with E-state index < -0.39 is 8.80 Å². The number of hydrogen-bond acceptors (Lipinski definition) is 5. The second-order valence-electron chi connectivity index (χ2n) is 6.99. The van der Waals surface area contributed by atoms with Crippen LogP contribution in [-0.4, -0.2) is 40.7 Å². The van der Waals surface area contributed by atoms with Gasteiger partial charge in [0.15, 0.2) is 0 Å². The summed E-state index contributed by atoms with van der Waals surface area (Å²) in [6, 6.07) is 0.826. The van der Waals surface area contributed by atoms with Crippen LogP contribution in [0.25, 0.3) is 0 Å². The predicted octanol–water partition coefficient (Wildman–Crippen LogP) is 5.66. The predicted molar refractivity (Wildman–Crippen MR) is 113 cm³/mol. The highest BCUT2D eigenvalue weighted by atomic mass is 28.4. The molecular formula is C21H42O5Si. The third kappa shape index (κ3) is 14.0. The van der Waals surface area contributed by atoms with Crippen molar-refractivity contribution in [1.82, 2.24) is 0 Å². The molecule has 0 aromatic carbocycles. The summed E-state index contributed by atoms with van der Waals surface area (Å²) in [6.45, 7) is 13.9. The summed E-state index contributed by atoms with van der Waals surface area (Å²) in [5.41, 5.74) is 0. The van der Waals surface area contributed by atoms with E-state index in [0.29, 0.717) is 19.8 Å². The van der Waals surface area contributed by atoms with E-state index >= 15 is 0 Å². The lowest BCUT2D eigenvalue weighted by Crippen LogP contribution is -2.46. The van der Waals surface area contributed by atoms with Crippen LogP contribution in [0, 0.1) is 0 Å². The fraction of sp³-hybridized carbons (Fsp3) is 0.857. The van der Waals surface area contributed by atoms with Gasteiger partial charge in [-0.3, -0.25) is 0 Å². The van der Waals surface area contributed by atoms with Gasteiger partial charge in [-0.2, -0.15) is 0 Å². The Balaban J connectivity index is 4.64. The topological polar surface area (TPSA) is 54.0 Å². The van der Waals surface area contributed by atoms with E-state index in [1.54, 1.807) is 0 Å². The van der Waals surface area contributed by atoms with Gasteiger partial charge in [-0.05, 0) is 45.4 Å². The van der Waals surface area contributed by atoms with Crippen LogP contribution in [-0.2, 0) is 22.8 Å². The third-order valence-electron chi connectivity index (χ3n) is 4.29. The van der Waals surface area contributed by atoms with Gasteiger partial charge in [0.25, 0.3) is 0 Å². The minimum absolute atomic E-state index is 0.102.